The Morgan fingerprint density at radius 1 is 0.862 bits per heavy atom. The fourth-order valence-corrected chi connectivity index (χ4v) is 7.16. The lowest BCUT2D eigenvalue weighted by Gasteiger charge is -2.41. The standard InChI is InChI=1S/C40H53F2N7O8S/c1-24(50)49(36(40(2,3)4)32-18-26(28-19-27(41)10-11-29(28)42)22-48(32)21-25-8-6-5-7-9-25)17-13-30(43)37(53)47-14-12-34(51)45-15-16-46-35(52)20-33(39(56)57)58-23-31(44)38(54)55/h5-11,18-19,22,30-31,33,36H,12-17,20-21,23,43-44H2,1-4H3,(H,45,51)(H,46,52)(H,47,53)(H,54,55)(H,56,57)/t30-,31-,33?,36-/m0/s1. The van der Waals surface area contributed by atoms with Crippen molar-refractivity contribution in [1.82, 2.24) is 25.4 Å². The number of halogens is 2. The molecule has 1 unspecified atom stereocenters. The number of rotatable bonds is 22. The van der Waals surface area contributed by atoms with E-state index in [2.05, 4.69) is 16.0 Å². The number of amides is 4. The van der Waals surface area contributed by atoms with Gasteiger partial charge < -0.3 is 47.1 Å². The topological polar surface area (TPSA) is 239 Å². The normalized spacial score (nSPS) is 13.4. The van der Waals surface area contributed by atoms with Gasteiger partial charge in [0.2, 0.25) is 23.6 Å². The summed E-state index contributed by atoms with van der Waals surface area (Å²) < 4.78 is 31.2. The summed E-state index contributed by atoms with van der Waals surface area (Å²) in [7, 11) is 0. The molecule has 4 amide bonds. The Bertz CT molecular complexity index is 1910. The fourth-order valence-electron chi connectivity index (χ4n) is 6.16. The van der Waals surface area contributed by atoms with Crippen LogP contribution in [0.15, 0.2) is 60.8 Å². The lowest BCUT2D eigenvalue weighted by Crippen LogP contribution is -2.46. The van der Waals surface area contributed by atoms with Crippen LogP contribution < -0.4 is 27.4 Å². The number of aliphatic carboxylic acids is 2. The molecule has 0 saturated carbocycles. The van der Waals surface area contributed by atoms with E-state index in [4.69, 9.17) is 16.6 Å². The van der Waals surface area contributed by atoms with Crippen LogP contribution in [0.3, 0.4) is 0 Å². The molecule has 3 aromatic rings. The number of nitrogens with two attached hydrogens (primary N) is 2. The molecule has 0 spiro atoms. The van der Waals surface area contributed by atoms with E-state index in [0.717, 1.165) is 35.5 Å². The van der Waals surface area contributed by atoms with Crippen LogP contribution in [0.4, 0.5) is 8.78 Å². The van der Waals surface area contributed by atoms with E-state index in [1.54, 1.807) is 17.2 Å². The number of nitrogens with zero attached hydrogens (tertiary/aromatic N) is 2. The minimum absolute atomic E-state index is 0.00432. The summed E-state index contributed by atoms with van der Waals surface area (Å²) in [6.07, 6.45) is 1.29. The predicted molar refractivity (Wildman–Crippen MR) is 215 cm³/mol. The summed E-state index contributed by atoms with van der Waals surface area (Å²) in [6, 6.07) is 11.7. The fraction of sp³-hybridized carbons (Fsp3) is 0.450. The number of benzene rings is 2. The van der Waals surface area contributed by atoms with Gasteiger partial charge in [0.15, 0.2) is 0 Å². The maximum Gasteiger partial charge on any atom is 0.321 e. The average Bonchev–Trinajstić information content (AvgIpc) is 3.55. The van der Waals surface area contributed by atoms with Crippen LogP contribution in [0.25, 0.3) is 11.1 Å². The van der Waals surface area contributed by atoms with Gasteiger partial charge in [-0.2, -0.15) is 0 Å². The van der Waals surface area contributed by atoms with Gasteiger partial charge in [-0.05, 0) is 41.7 Å². The summed E-state index contributed by atoms with van der Waals surface area (Å²) in [5, 5.41) is 24.7. The molecule has 0 aliphatic carbocycles. The van der Waals surface area contributed by atoms with Gasteiger partial charge in [-0.25, -0.2) is 8.78 Å². The van der Waals surface area contributed by atoms with Crippen molar-refractivity contribution in [2.24, 2.45) is 16.9 Å². The first kappa shape index (κ1) is 47.0. The number of nitrogens with one attached hydrogen (secondary N) is 3. The number of carboxylic acid groups (broad SMARTS) is 2. The molecule has 0 aliphatic rings. The quantitative estimate of drug-likeness (QED) is 0.0727. The highest BCUT2D eigenvalue weighted by molar-refractivity contribution is 8.00. The second kappa shape index (κ2) is 22.0. The highest BCUT2D eigenvalue weighted by Crippen LogP contribution is 2.41. The van der Waals surface area contributed by atoms with Crippen LogP contribution in [-0.4, -0.2) is 105 Å². The first-order valence-electron chi connectivity index (χ1n) is 18.6. The second-order valence-corrected chi connectivity index (χ2v) is 16.1. The second-order valence-electron chi connectivity index (χ2n) is 14.8. The molecule has 0 bridgehead atoms. The molecule has 0 saturated heterocycles. The number of carboxylic acids is 2. The lowest BCUT2D eigenvalue weighted by molar-refractivity contribution is -0.139. The van der Waals surface area contributed by atoms with Gasteiger partial charge in [-0.15, -0.1) is 11.8 Å². The van der Waals surface area contributed by atoms with Crippen LogP contribution in [0.5, 0.6) is 0 Å². The van der Waals surface area contributed by atoms with Gasteiger partial charge in [0.25, 0.3) is 0 Å². The van der Waals surface area contributed by atoms with Crippen molar-refractivity contribution in [3.63, 3.8) is 0 Å². The summed E-state index contributed by atoms with van der Waals surface area (Å²) in [4.78, 5) is 74.7. The van der Waals surface area contributed by atoms with Crippen molar-refractivity contribution in [3.05, 3.63) is 83.7 Å². The third kappa shape index (κ3) is 14.6. The Morgan fingerprint density at radius 3 is 2.12 bits per heavy atom. The summed E-state index contributed by atoms with van der Waals surface area (Å²) >= 11 is 0.742. The van der Waals surface area contributed by atoms with E-state index in [1.807, 2.05) is 55.7 Å². The number of thioether (sulfide) groups is 1. The SMILES string of the molecule is CC(=O)N(CC[C@H](N)C(=O)NCCC(=O)NCCNC(=O)CC(SC[C@H](N)C(=O)O)C(=O)O)[C@@H](c1cc(-c2cc(F)ccc2F)cn1Cc1ccccc1)C(C)(C)C. The van der Waals surface area contributed by atoms with E-state index in [0.29, 0.717) is 17.8 Å². The molecule has 316 valence electrons. The largest absolute Gasteiger partial charge is 0.480 e. The highest BCUT2D eigenvalue weighted by atomic mass is 32.2. The summed E-state index contributed by atoms with van der Waals surface area (Å²) in [5.41, 5.74) is 13.2. The number of aromatic nitrogens is 1. The highest BCUT2D eigenvalue weighted by Gasteiger charge is 2.36. The lowest BCUT2D eigenvalue weighted by atomic mass is 9.82. The maximum atomic E-state index is 15.0. The Hall–Kier alpha value is -5.33. The van der Waals surface area contributed by atoms with Crippen molar-refractivity contribution < 1.29 is 47.8 Å². The Kier molecular flexibility index (Phi) is 17.8. The van der Waals surface area contributed by atoms with Gasteiger partial charge in [0.05, 0.1) is 12.1 Å². The number of carbonyl (C=O) groups is 6. The molecule has 0 aliphatic heterocycles. The third-order valence-corrected chi connectivity index (χ3v) is 10.4. The van der Waals surface area contributed by atoms with Gasteiger partial charge in [-0.1, -0.05) is 51.1 Å². The zero-order valence-electron chi connectivity index (χ0n) is 33.0. The van der Waals surface area contributed by atoms with Crippen LogP contribution >= 0.6 is 11.8 Å². The van der Waals surface area contributed by atoms with E-state index >= 15 is 4.39 Å². The van der Waals surface area contributed by atoms with E-state index in [-0.39, 0.29) is 56.2 Å². The van der Waals surface area contributed by atoms with Crippen LogP contribution in [0, 0.1) is 17.0 Å². The van der Waals surface area contributed by atoms with Gasteiger partial charge in [0.1, 0.15) is 22.9 Å². The van der Waals surface area contributed by atoms with Gasteiger partial charge in [0, 0.05) is 81.3 Å². The van der Waals surface area contributed by atoms with E-state index in [1.165, 1.54) is 6.92 Å². The van der Waals surface area contributed by atoms with Crippen LogP contribution in [0.2, 0.25) is 0 Å². The zero-order chi connectivity index (χ0) is 43.2. The van der Waals surface area contributed by atoms with E-state index < -0.39 is 76.5 Å². The van der Waals surface area contributed by atoms with Gasteiger partial charge >= 0.3 is 11.9 Å². The molecular formula is C40H53F2N7O8S. The summed E-state index contributed by atoms with van der Waals surface area (Å²) in [6.45, 7) is 7.73. The monoisotopic (exact) mass is 829 g/mol. The molecule has 4 atom stereocenters. The first-order valence-corrected chi connectivity index (χ1v) is 19.7. The minimum Gasteiger partial charge on any atom is -0.480 e. The number of hydrogen-bond acceptors (Lipinski definition) is 9. The molecule has 18 heteroatoms. The molecule has 15 nitrogen and oxygen atoms in total. The Labute approximate surface area is 340 Å². The van der Waals surface area contributed by atoms with Crippen LogP contribution in [0.1, 0.15) is 64.3 Å². The first-order chi connectivity index (χ1) is 27.3. The van der Waals surface area contributed by atoms with Crippen molar-refractivity contribution in [3.8, 4) is 11.1 Å². The Morgan fingerprint density at radius 2 is 1.52 bits per heavy atom. The number of hydrogen-bond donors (Lipinski definition) is 7. The smallest absolute Gasteiger partial charge is 0.321 e. The van der Waals surface area contributed by atoms with Crippen molar-refractivity contribution in [2.75, 3.05) is 31.9 Å². The van der Waals surface area contributed by atoms with Crippen molar-refractivity contribution >= 4 is 47.3 Å². The maximum absolute atomic E-state index is 15.0. The number of carbonyl (C=O) groups excluding carboxylic acids is 4. The van der Waals surface area contributed by atoms with Crippen molar-refractivity contribution in [1.29, 1.82) is 0 Å². The molecule has 1 aromatic heterocycles. The Balaban J connectivity index is 1.58. The molecule has 3 rings (SSSR count). The van der Waals surface area contributed by atoms with Crippen LogP contribution in [-0.2, 0) is 35.3 Å². The molecule has 0 radical (unpaired) electrons. The molecule has 58 heavy (non-hydrogen) atoms. The molecule has 0 fully saturated rings. The average molecular weight is 830 g/mol. The van der Waals surface area contributed by atoms with Crippen molar-refractivity contribution in [2.45, 2.75) is 76.9 Å². The van der Waals surface area contributed by atoms with E-state index in [9.17, 15) is 38.3 Å². The predicted octanol–water partition coefficient (Wildman–Crippen LogP) is 2.86. The third-order valence-electron chi connectivity index (χ3n) is 9.06. The molecular weight excluding hydrogens is 777 g/mol. The zero-order valence-corrected chi connectivity index (χ0v) is 33.8. The van der Waals surface area contributed by atoms with Gasteiger partial charge in [-0.3, -0.25) is 28.8 Å². The molecule has 2 aromatic carbocycles. The molecule has 9 N–H and O–H groups in total. The molecule has 1 heterocycles. The minimum atomic E-state index is -1.29. The summed E-state index contributed by atoms with van der Waals surface area (Å²) in [5.74, 6) is -5.83.